The summed E-state index contributed by atoms with van der Waals surface area (Å²) in [7, 11) is 0. The molecule has 2 aromatic carbocycles. The van der Waals surface area contributed by atoms with Crippen LogP contribution in [0.4, 0.5) is 5.69 Å². The number of aryl methyl sites for hydroxylation is 2. The first-order chi connectivity index (χ1) is 15.5. The molecule has 1 amide bonds. The van der Waals surface area contributed by atoms with E-state index in [0.29, 0.717) is 41.0 Å². The highest BCUT2D eigenvalue weighted by Crippen LogP contribution is 2.28. The lowest BCUT2D eigenvalue weighted by molar-refractivity contribution is -0.116. The molecule has 2 aromatic heterocycles. The summed E-state index contributed by atoms with van der Waals surface area (Å²) < 4.78 is 7.79. The Morgan fingerprint density at radius 2 is 1.94 bits per heavy atom. The fraction of sp³-hybridized carbons (Fsp3) is 0.167. The Labute approximate surface area is 190 Å². The monoisotopic (exact) mass is 445 g/mol. The van der Waals surface area contributed by atoms with Gasteiger partial charge in [0.05, 0.1) is 12.5 Å². The summed E-state index contributed by atoms with van der Waals surface area (Å²) >= 11 is 6.03. The molecule has 0 unspecified atom stereocenters. The lowest BCUT2D eigenvalue weighted by Crippen LogP contribution is -2.12. The second-order valence-electron chi connectivity index (χ2n) is 7.20. The maximum Gasteiger partial charge on any atom is 0.307 e. The van der Waals surface area contributed by atoms with Gasteiger partial charge in [-0.15, -0.1) is 0 Å². The summed E-state index contributed by atoms with van der Waals surface area (Å²) in [5.74, 6) is 1.21. The minimum absolute atomic E-state index is 0.142. The summed E-state index contributed by atoms with van der Waals surface area (Å²) in [6.07, 6.45) is 4.39. The van der Waals surface area contributed by atoms with E-state index in [2.05, 4.69) is 21.4 Å². The molecule has 7 nitrogen and oxygen atoms in total. The Kier molecular flexibility index (Phi) is 6.34. The van der Waals surface area contributed by atoms with Crippen LogP contribution in [0.25, 0.3) is 17.3 Å². The third-order valence-electron chi connectivity index (χ3n) is 4.94. The summed E-state index contributed by atoms with van der Waals surface area (Å²) in [5, 5.41) is 12.3. The third kappa shape index (κ3) is 4.88. The quantitative estimate of drug-likeness (QED) is 0.425. The number of aromatic nitrogens is 3. The molecule has 0 saturated carbocycles. The van der Waals surface area contributed by atoms with E-state index in [1.807, 2.05) is 31.2 Å². The molecule has 0 bridgehead atoms. The zero-order valence-electron chi connectivity index (χ0n) is 17.4. The molecular formula is C24H20ClN5O2. The van der Waals surface area contributed by atoms with Crippen LogP contribution in [0.15, 0.2) is 65.3 Å². The number of oxazole rings is 1. The molecule has 8 heteroatoms. The highest BCUT2D eigenvalue weighted by molar-refractivity contribution is 6.30. The zero-order valence-corrected chi connectivity index (χ0v) is 18.1. The molecule has 2 heterocycles. The molecule has 0 aliphatic rings. The van der Waals surface area contributed by atoms with Crippen LogP contribution in [-0.2, 0) is 17.6 Å². The topological polar surface area (TPSA) is 96.7 Å². The molecule has 32 heavy (non-hydrogen) atoms. The number of nitrogens with one attached hydrogen (secondary N) is 1. The van der Waals surface area contributed by atoms with E-state index in [1.54, 1.807) is 41.2 Å². The van der Waals surface area contributed by atoms with Crippen LogP contribution >= 0.6 is 11.6 Å². The minimum Gasteiger partial charge on any atom is -0.427 e. The molecule has 0 aliphatic carbocycles. The number of benzene rings is 2. The first-order valence-electron chi connectivity index (χ1n) is 10.0. The predicted molar refractivity (Wildman–Crippen MR) is 122 cm³/mol. The highest BCUT2D eigenvalue weighted by Gasteiger charge is 2.18. The van der Waals surface area contributed by atoms with Crippen LogP contribution in [0.1, 0.15) is 23.6 Å². The van der Waals surface area contributed by atoms with Crippen molar-refractivity contribution in [3.05, 3.63) is 83.1 Å². The van der Waals surface area contributed by atoms with Gasteiger partial charge in [0.2, 0.25) is 5.91 Å². The Morgan fingerprint density at radius 1 is 1.19 bits per heavy atom. The number of amides is 1. The maximum absolute atomic E-state index is 12.5. The Morgan fingerprint density at radius 3 is 2.59 bits per heavy atom. The van der Waals surface area contributed by atoms with E-state index in [-0.39, 0.29) is 12.3 Å². The van der Waals surface area contributed by atoms with Gasteiger partial charge < -0.3 is 9.73 Å². The van der Waals surface area contributed by atoms with E-state index in [4.69, 9.17) is 21.3 Å². The van der Waals surface area contributed by atoms with Crippen molar-refractivity contribution in [2.24, 2.45) is 0 Å². The van der Waals surface area contributed by atoms with E-state index < -0.39 is 0 Å². The van der Waals surface area contributed by atoms with E-state index in [0.717, 1.165) is 17.0 Å². The van der Waals surface area contributed by atoms with Gasteiger partial charge in [-0.2, -0.15) is 10.2 Å². The number of imidazole rings is 1. The van der Waals surface area contributed by atoms with Gasteiger partial charge in [-0.1, -0.05) is 35.9 Å². The fourth-order valence-corrected chi connectivity index (χ4v) is 3.40. The van der Waals surface area contributed by atoms with Gasteiger partial charge in [0.15, 0.2) is 0 Å². The Hall–Kier alpha value is -3.89. The van der Waals surface area contributed by atoms with Crippen molar-refractivity contribution in [3.8, 4) is 23.3 Å². The molecule has 0 atom stereocenters. The van der Waals surface area contributed by atoms with Crippen molar-refractivity contribution < 1.29 is 9.21 Å². The number of hydrogen-bond donors (Lipinski definition) is 1. The number of carbonyl (C=O) groups is 1. The van der Waals surface area contributed by atoms with Gasteiger partial charge in [-0.25, -0.2) is 4.98 Å². The molecule has 0 spiro atoms. The van der Waals surface area contributed by atoms with Gasteiger partial charge in [-0.05, 0) is 36.8 Å². The molecular weight excluding hydrogens is 426 g/mol. The van der Waals surface area contributed by atoms with Gasteiger partial charge in [-0.3, -0.25) is 9.36 Å². The predicted octanol–water partition coefficient (Wildman–Crippen LogP) is 5.13. The molecule has 4 aromatic rings. The number of anilines is 1. The van der Waals surface area contributed by atoms with Crippen molar-refractivity contribution in [3.63, 3.8) is 0 Å². The van der Waals surface area contributed by atoms with Crippen LogP contribution in [-0.4, -0.2) is 20.4 Å². The van der Waals surface area contributed by atoms with Crippen LogP contribution in [0, 0.1) is 18.3 Å². The highest BCUT2D eigenvalue weighted by atomic mass is 35.5. The summed E-state index contributed by atoms with van der Waals surface area (Å²) in [5.41, 5.74) is 3.10. The number of hydrogen-bond acceptors (Lipinski definition) is 5. The number of nitrogens with zero attached hydrogens (tertiary/aromatic N) is 4. The van der Waals surface area contributed by atoms with E-state index >= 15 is 0 Å². The van der Waals surface area contributed by atoms with Crippen molar-refractivity contribution >= 4 is 23.2 Å². The van der Waals surface area contributed by atoms with Crippen molar-refractivity contribution in [2.45, 2.75) is 26.2 Å². The minimum atomic E-state index is -0.142. The van der Waals surface area contributed by atoms with Gasteiger partial charge in [0.1, 0.15) is 17.3 Å². The summed E-state index contributed by atoms with van der Waals surface area (Å²) in [6.45, 7) is 1.86. The van der Waals surface area contributed by atoms with Crippen LogP contribution in [0.5, 0.6) is 0 Å². The largest absolute Gasteiger partial charge is 0.427 e. The molecule has 0 radical (unpaired) electrons. The smallest absolute Gasteiger partial charge is 0.307 e. The molecule has 1 N–H and O–H groups in total. The standard InChI is InChI=1S/C24H20ClN5O2/c1-16-27-14-15-30(16)24-29-23(18-4-6-19(25)7-5-18)21(32-24)10-11-22(31)28-20-8-2-17(3-9-20)12-13-26/h2-9,14-15H,10-12H2,1H3,(H,28,31). The maximum atomic E-state index is 12.5. The van der Waals surface area contributed by atoms with Crippen molar-refractivity contribution in [1.82, 2.24) is 14.5 Å². The molecule has 160 valence electrons. The molecule has 0 fully saturated rings. The molecule has 0 saturated heterocycles. The number of rotatable bonds is 7. The first-order valence-corrected chi connectivity index (χ1v) is 10.4. The average Bonchev–Trinajstić information content (AvgIpc) is 3.40. The van der Waals surface area contributed by atoms with Crippen molar-refractivity contribution in [2.75, 3.05) is 5.32 Å². The third-order valence-corrected chi connectivity index (χ3v) is 5.19. The Balaban J connectivity index is 1.52. The molecule has 0 aliphatic heterocycles. The van der Waals surface area contributed by atoms with Gasteiger partial charge in [0, 0.05) is 41.5 Å². The Bertz CT molecular complexity index is 1270. The van der Waals surface area contributed by atoms with Crippen LogP contribution < -0.4 is 5.32 Å². The lowest BCUT2D eigenvalue weighted by Gasteiger charge is -2.06. The lowest BCUT2D eigenvalue weighted by atomic mass is 10.1. The number of carbonyl (C=O) groups excluding carboxylic acids is 1. The summed E-state index contributed by atoms with van der Waals surface area (Å²) in [4.78, 5) is 21.4. The van der Waals surface area contributed by atoms with Crippen LogP contribution in [0.2, 0.25) is 5.02 Å². The number of nitriles is 1. The van der Waals surface area contributed by atoms with Crippen molar-refractivity contribution in [1.29, 1.82) is 5.26 Å². The zero-order chi connectivity index (χ0) is 22.5. The average molecular weight is 446 g/mol. The number of halogens is 1. The van der Waals surface area contributed by atoms with Gasteiger partial charge in [0.25, 0.3) is 0 Å². The van der Waals surface area contributed by atoms with Gasteiger partial charge >= 0.3 is 6.01 Å². The van der Waals surface area contributed by atoms with E-state index in [1.165, 1.54) is 0 Å². The summed E-state index contributed by atoms with van der Waals surface area (Å²) in [6, 6.07) is 17.1. The second kappa shape index (κ2) is 9.50. The SMILES string of the molecule is Cc1nccn1-c1nc(-c2ccc(Cl)cc2)c(CCC(=O)Nc2ccc(CC#N)cc2)o1. The van der Waals surface area contributed by atoms with Crippen LogP contribution in [0.3, 0.4) is 0 Å². The first kappa shape index (κ1) is 21.3. The fourth-order valence-electron chi connectivity index (χ4n) is 3.27. The second-order valence-corrected chi connectivity index (χ2v) is 7.64. The normalized spacial score (nSPS) is 10.7. The van der Waals surface area contributed by atoms with E-state index in [9.17, 15) is 4.79 Å². The molecule has 4 rings (SSSR count).